The van der Waals surface area contributed by atoms with Crippen molar-refractivity contribution in [2.45, 2.75) is 231 Å². The van der Waals surface area contributed by atoms with Crippen molar-refractivity contribution in [3.8, 4) is 0 Å². The highest BCUT2D eigenvalue weighted by molar-refractivity contribution is 6.07. The largest absolute Gasteiger partial charge is 0.479 e. The van der Waals surface area contributed by atoms with Crippen LogP contribution >= 0.6 is 0 Å². The van der Waals surface area contributed by atoms with Gasteiger partial charge in [-0.15, -0.1) is 0 Å². The van der Waals surface area contributed by atoms with E-state index in [0.29, 0.717) is 19.3 Å². The maximum Gasteiger partial charge on any atom is 0.343 e. The summed E-state index contributed by atoms with van der Waals surface area (Å²) in [7, 11) is 0. The molecule has 288 valence electrons. The number of aliphatic hydroxyl groups is 1. The van der Waals surface area contributed by atoms with Crippen LogP contribution in [0.3, 0.4) is 0 Å². The smallest absolute Gasteiger partial charge is 0.343 e. The summed E-state index contributed by atoms with van der Waals surface area (Å²) in [4.78, 5) is 49.2. The number of carboxylic acids is 3. The van der Waals surface area contributed by atoms with Crippen LogP contribution in [0.5, 0.6) is 0 Å². The number of unbranched alkanes of at least 4 members (excludes halogenated alkanes) is 27. The Morgan fingerprint density at radius 2 is 0.776 bits per heavy atom. The summed E-state index contributed by atoms with van der Waals surface area (Å²) in [5.41, 5.74) is -2.52. The summed E-state index contributed by atoms with van der Waals surface area (Å²) in [5, 5.41) is 39.0. The van der Waals surface area contributed by atoms with Gasteiger partial charge in [0.05, 0.1) is 0 Å². The van der Waals surface area contributed by atoms with E-state index in [1.807, 2.05) is 0 Å². The molecule has 4 N–H and O–H groups in total. The molecule has 0 aliphatic carbocycles. The van der Waals surface area contributed by atoms with E-state index in [2.05, 4.69) is 13.8 Å². The Labute approximate surface area is 298 Å². The van der Waals surface area contributed by atoms with Crippen molar-refractivity contribution in [1.29, 1.82) is 0 Å². The SMILES string of the molecule is CCCCCCCCCCCCCCCCCC(=O)C(CCCCCCCCCCCCCCCC)(OC(C(=O)O)C(O)C(=O)O)C(=O)O. The fourth-order valence-corrected chi connectivity index (χ4v) is 6.56. The molecule has 3 unspecified atom stereocenters. The van der Waals surface area contributed by atoms with Gasteiger partial charge >= 0.3 is 17.9 Å². The molecule has 9 nitrogen and oxygen atoms in total. The predicted molar refractivity (Wildman–Crippen MR) is 196 cm³/mol. The maximum absolute atomic E-state index is 13.4. The zero-order valence-corrected chi connectivity index (χ0v) is 31.4. The molecule has 0 spiro atoms. The fourth-order valence-electron chi connectivity index (χ4n) is 6.56. The topological polar surface area (TPSA) is 158 Å². The minimum absolute atomic E-state index is 0.112. The van der Waals surface area contributed by atoms with Gasteiger partial charge in [0.2, 0.25) is 5.60 Å². The van der Waals surface area contributed by atoms with Crippen molar-refractivity contribution >= 4 is 23.7 Å². The standard InChI is InChI=1S/C40H74O9/c1-3-5-7-9-11-13-15-17-19-20-22-24-26-28-30-32-34(41)40(39(47)48,49-36(38(45)46)35(42)37(43)44)33-31-29-27-25-23-21-18-16-14-12-10-8-6-4-2/h35-36,42H,3-33H2,1-2H3,(H,43,44)(H,45,46)(H,47,48). The highest BCUT2D eigenvalue weighted by atomic mass is 16.6. The lowest BCUT2D eigenvalue weighted by atomic mass is 9.87. The van der Waals surface area contributed by atoms with Crippen LogP contribution in [0.4, 0.5) is 0 Å². The van der Waals surface area contributed by atoms with Crippen LogP contribution in [0.15, 0.2) is 0 Å². The summed E-state index contributed by atoms with van der Waals surface area (Å²) < 4.78 is 5.35. The number of carboxylic acid groups (broad SMARTS) is 3. The van der Waals surface area contributed by atoms with Gasteiger partial charge in [-0.1, -0.05) is 187 Å². The molecular formula is C40H74O9. The zero-order chi connectivity index (χ0) is 36.6. The van der Waals surface area contributed by atoms with Gasteiger partial charge in [0.1, 0.15) is 0 Å². The number of aliphatic carboxylic acids is 3. The first kappa shape index (κ1) is 47.0. The van der Waals surface area contributed by atoms with Gasteiger partial charge in [-0.3, -0.25) is 4.79 Å². The average molecular weight is 699 g/mol. The van der Waals surface area contributed by atoms with Gasteiger partial charge in [-0.25, -0.2) is 14.4 Å². The molecule has 0 fully saturated rings. The Hall–Kier alpha value is -2.00. The van der Waals surface area contributed by atoms with Gasteiger partial charge in [0.15, 0.2) is 18.0 Å². The molecule has 0 saturated heterocycles. The Kier molecular flexibility index (Phi) is 30.6. The Balaban J connectivity index is 4.71. The van der Waals surface area contributed by atoms with Crippen LogP contribution in [0, 0.1) is 0 Å². The van der Waals surface area contributed by atoms with E-state index in [0.717, 1.165) is 51.4 Å². The number of rotatable bonds is 38. The second kappa shape index (κ2) is 31.9. The summed E-state index contributed by atoms with van der Waals surface area (Å²) in [6.45, 7) is 4.46. The van der Waals surface area contributed by atoms with Crippen molar-refractivity contribution in [3.63, 3.8) is 0 Å². The number of ether oxygens (including phenoxy) is 1. The molecule has 49 heavy (non-hydrogen) atoms. The maximum atomic E-state index is 13.4. The first-order valence-electron chi connectivity index (χ1n) is 20.2. The first-order valence-corrected chi connectivity index (χ1v) is 20.2. The van der Waals surface area contributed by atoms with Crippen molar-refractivity contribution in [2.24, 2.45) is 0 Å². The molecule has 0 aromatic rings. The zero-order valence-electron chi connectivity index (χ0n) is 31.4. The average Bonchev–Trinajstić information content (AvgIpc) is 3.07. The highest BCUT2D eigenvalue weighted by Crippen LogP contribution is 2.28. The van der Waals surface area contributed by atoms with E-state index in [1.54, 1.807) is 0 Å². The molecule has 0 bridgehead atoms. The Morgan fingerprint density at radius 3 is 1.06 bits per heavy atom. The molecular weight excluding hydrogens is 624 g/mol. The molecule has 0 aliphatic rings. The van der Waals surface area contributed by atoms with Crippen LogP contribution in [0.1, 0.15) is 213 Å². The van der Waals surface area contributed by atoms with E-state index in [-0.39, 0.29) is 12.8 Å². The van der Waals surface area contributed by atoms with Crippen molar-refractivity contribution < 1.29 is 44.3 Å². The summed E-state index contributed by atoms with van der Waals surface area (Å²) in [6, 6.07) is 0. The third-order valence-electron chi connectivity index (χ3n) is 9.80. The van der Waals surface area contributed by atoms with E-state index in [1.165, 1.54) is 116 Å². The first-order chi connectivity index (χ1) is 23.6. The molecule has 0 radical (unpaired) electrons. The number of hydrogen-bond acceptors (Lipinski definition) is 6. The van der Waals surface area contributed by atoms with Crippen LogP contribution in [-0.2, 0) is 23.9 Å². The number of carbonyl (C=O) groups excluding carboxylic acids is 1. The predicted octanol–water partition coefficient (Wildman–Crippen LogP) is 10.4. The molecule has 9 heteroatoms. The van der Waals surface area contributed by atoms with Crippen LogP contribution in [0.2, 0.25) is 0 Å². The monoisotopic (exact) mass is 699 g/mol. The molecule has 0 amide bonds. The van der Waals surface area contributed by atoms with Crippen molar-refractivity contribution in [1.82, 2.24) is 0 Å². The molecule has 0 aliphatic heterocycles. The molecule has 0 saturated carbocycles. The van der Waals surface area contributed by atoms with Gasteiger partial charge in [-0.2, -0.15) is 0 Å². The molecule has 0 aromatic carbocycles. The number of Topliss-reactive ketones (excluding diaryl/α,β-unsaturated/α-hetero) is 1. The lowest BCUT2D eigenvalue weighted by Gasteiger charge is -2.32. The Bertz CT molecular complexity index is 846. The van der Waals surface area contributed by atoms with E-state index >= 15 is 0 Å². The molecule has 0 rings (SSSR count). The van der Waals surface area contributed by atoms with E-state index in [9.17, 15) is 39.6 Å². The van der Waals surface area contributed by atoms with Crippen molar-refractivity contribution in [2.75, 3.05) is 0 Å². The van der Waals surface area contributed by atoms with Crippen LogP contribution in [-0.4, -0.2) is 61.9 Å². The fraction of sp³-hybridized carbons (Fsp3) is 0.900. The molecule has 3 atom stereocenters. The number of ketones is 1. The summed E-state index contributed by atoms with van der Waals surface area (Å²) >= 11 is 0. The third kappa shape index (κ3) is 23.9. The van der Waals surface area contributed by atoms with Gasteiger partial charge in [0, 0.05) is 6.42 Å². The summed E-state index contributed by atoms with van der Waals surface area (Å²) in [6.07, 6.45) is 27.2. The minimum Gasteiger partial charge on any atom is -0.479 e. The van der Waals surface area contributed by atoms with Gasteiger partial charge in [-0.05, 0) is 19.3 Å². The number of carbonyl (C=O) groups is 4. The molecule has 0 aromatic heterocycles. The van der Waals surface area contributed by atoms with Crippen LogP contribution < -0.4 is 0 Å². The number of aliphatic hydroxyl groups excluding tert-OH is 1. The quantitative estimate of drug-likeness (QED) is 0.0363. The van der Waals surface area contributed by atoms with Crippen LogP contribution in [0.25, 0.3) is 0 Å². The Morgan fingerprint density at radius 1 is 0.469 bits per heavy atom. The minimum atomic E-state index is -2.52. The second-order valence-electron chi connectivity index (χ2n) is 14.3. The molecule has 0 heterocycles. The third-order valence-corrected chi connectivity index (χ3v) is 9.80. The summed E-state index contributed by atoms with van der Waals surface area (Å²) in [5.74, 6) is -6.11. The van der Waals surface area contributed by atoms with E-state index in [4.69, 9.17) is 4.74 Å². The van der Waals surface area contributed by atoms with E-state index < -0.39 is 41.5 Å². The van der Waals surface area contributed by atoms with Gasteiger partial charge in [0.25, 0.3) is 0 Å². The van der Waals surface area contributed by atoms with Crippen molar-refractivity contribution in [3.05, 3.63) is 0 Å². The number of hydrogen-bond donors (Lipinski definition) is 4. The van der Waals surface area contributed by atoms with Gasteiger partial charge < -0.3 is 25.2 Å². The lowest BCUT2D eigenvalue weighted by molar-refractivity contribution is -0.200. The lowest BCUT2D eigenvalue weighted by Crippen LogP contribution is -2.56. The second-order valence-corrected chi connectivity index (χ2v) is 14.3. The highest BCUT2D eigenvalue weighted by Gasteiger charge is 2.51. The normalized spacial score (nSPS) is 13.9.